The molecule has 1 atom stereocenters. The van der Waals surface area contributed by atoms with Crippen LogP contribution in [0, 0.1) is 0 Å². The largest absolute Gasteiger partial charge is 0.339 e. The van der Waals surface area contributed by atoms with Gasteiger partial charge < -0.3 is 4.98 Å². The fourth-order valence-corrected chi connectivity index (χ4v) is 2.32. The Morgan fingerprint density at radius 3 is 2.69 bits per heavy atom. The molecule has 16 heavy (non-hydrogen) atoms. The van der Waals surface area contributed by atoms with Crippen LogP contribution in [0.25, 0.3) is 11.0 Å². The van der Waals surface area contributed by atoms with E-state index in [9.17, 15) is 4.21 Å². The van der Waals surface area contributed by atoms with Gasteiger partial charge in [0, 0.05) is 6.26 Å². The van der Waals surface area contributed by atoms with Crippen LogP contribution in [-0.4, -0.2) is 20.4 Å². The number of nitrogens with zero attached hydrogens (tertiary/aromatic N) is 1. The van der Waals surface area contributed by atoms with Crippen LogP contribution < -0.4 is 0 Å². The molecule has 6 heteroatoms. The summed E-state index contributed by atoms with van der Waals surface area (Å²) in [5.74, 6) is 0.462. The first kappa shape index (κ1) is 11.9. The minimum atomic E-state index is -1.09. The predicted molar refractivity (Wildman–Crippen MR) is 67.5 cm³/mol. The molecule has 2 rings (SSSR count). The summed E-state index contributed by atoms with van der Waals surface area (Å²) in [4.78, 5) is 7.99. The first-order valence-electron chi connectivity index (χ1n) is 4.60. The maximum absolute atomic E-state index is 11.5. The lowest BCUT2D eigenvalue weighted by molar-refractivity contribution is 0.687. The number of fused-ring (bicyclic) bond motifs is 1. The van der Waals surface area contributed by atoms with Crippen molar-refractivity contribution in [2.24, 2.45) is 0 Å². The number of alkyl halides is 2. The minimum absolute atomic E-state index is 0.462. The summed E-state index contributed by atoms with van der Waals surface area (Å²) in [5, 5.41) is 0. The zero-order chi connectivity index (χ0) is 11.9. The first-order chi connectivity index (χ1) is 7.39. The summed E-state index contributed by atoms with van der Waals surface area (Å²) < 4.78 is 10.4. The molecule has 1 N–H and O–H groups in total. The highest BCUT2D eigenvalue weighted by molar-refractivity contribution is 7.84. The van der Waals surface area contributed by atoms with Crippen molar-refractivity contribution in [3.05, 3.63) is 24.0 Å². The van der Waals surface area contributed by atoms with E-state index in [4.69, 9.17) is 23.2 Å². The Hall–Kier alpha value is -0.580. The van der Waals surface area contributed by atoms with Crippen LogP contribution in [0.4, 0.5) is 0 Å². The molecular weight excluding hydrogens is 267 g/mol. The quantitative estimate of drug-likeness (QED) is 0.858. The van der Waals surface area contributed by atoms with Gasteiger partial charge in [0.05, 0.1) is 21.2 Å². The van der Waals surface area contributed by atoms with E-state index in [0.717, 1.165) is 5.52 Å². The van der Waals surface area contributed by atoms with E-state index in [1.807, 2.05) is 12.1 Å². The summed E-state index contributed by atoms with van der Waals surface area (Å²) in [5.41, 5.74) is 1.45. The number of H-pyrrole nitrogens is 1. The standard InChI is InChI=1S/C10H10Cl2N2OS/c1-10(11,12)9-13-6-4-3-5-7(16(2)15)8(6)14-9/h3-5H,1-2H3,(H,13,14). The van der Waals surface area contributed by atoms with Crippen molar-refractivity contribution in [1.29, 1.82) is 0 Å². The molecule has 2 aromatic rings. The Bertz CT molecular complexity index is 559. The lowest BCUT2D eigenvalue weighted by Crippen LogP contribution is -2.05. The maximum Gasteiger partial charge on any atom is 0.172 e. The number of hydrogen-bond donors (Lipinski definition) is 1. The summed E-state index contributed by atoms with van der Waals surface area (Å²) in [6.45, 7) is 1.64. The number of para-hydroxylation sites is 1. The number of rotatable bonds is 2. The smallest absolute Gasteiger partial charge is 0.172 e. The van der Waals surface area contributed by atoms with Gasteiger partial charge in [-0.3, -0.25) is 4.21 Å². The average molecular weight is 277 g/mol. The van der Waals surface area contributed by atoms with Crippen LogP contribution in [0.3, 0.4) is 0 Å². The molecule has 1 heterocycles. The molecule has 0 spiro atoms. The fourth-order valence-electron chi connectivity index (χ4n) is 1.45. The van der Waals surface area contributed by atoms with Gasteiger partial charge in [-0.2, -0.15) is 0 Å². The van der Waals surface area contributed by atoms with Gasteiger partial charge in [-0.05, 0) is 19.1 Å². The lowest BCUT2D eigenvalue weighted by Gasteiger charge is -2.07. The van der Waals surface area contributed by atoms with Gasteiger partial charge in [-0.15, -0.1) is 0 Å². The molecule has 0 amide bonds. The fraction of sp³-hybridized carbons (Fsp3) is 0.300. The summed E-state index contributed by atoms with van der Waals surface area (Å²) in [6, 6.07) is 5.45. The van der Waals surface area contributed by atoms with Crippen LogP contribution >= 0.6 is 23.2 Å². The van der Waals surface area contributed by atoms with Gasteiger partial charge in [-0.25, -0.2) is 4.98 Å². The van der Waals surface area contributed by atoms with Crippen LogP contribution in [0.15, 0.2) is 23.1 Å². The molecule has 86 valence electrons. The van der Waals surface area contributed by atoms with Crippen molar-refractivity contribution < 1.29 is 4.21 Å². The number of halogens is 2. The normalized spacial score (nSPS) is 14.2. The van der Waals surface area contributed by atoms with Crippen LogP contribution in [0.5, 0.6) is 0 Å². The van der Waals surface area contributed by atoms with Gasteiger partial charge in [0.2, 0.25) is 0 Å². The molecule has 0 aliphatic heterocycles. The number of aromatic amines is 1. The molecule has 0 aliphatic rings. The molecule has 1 aromatic heterocycles. The van der Waals surface area contributed by atoms with Gasteiger partial charge in [0.15, 0.2) is 4.33 Å². The zero-order valence-electron chi connectivity index (χ0n) is 8.75. The molecule has 0 saturated carbocycles. The summed E-state index contributed by atoms with van der Waals surface area (Å²) >= 11 is 11.9. The van der Waals surface area contributed by atoms with Crippen molar-refractivity contribution >= 4 is 45.0 Å². The van der Waals surface area contributed by atoms with Crippen LogP contribution in [-0.2, 0) is 15.1 Å². The molecule has 1 unspecified atom stereocenters. The van der Waals surface area contributed by atoms with Crippen molar-refractivity contribution in [3.63, 3.8) is 0 Å². The predicted octanol–water partition coefficient (Wildman–Crippen LogP) is 2.95. The SMILES string of the molecule is CS(=O)c1cccc2[nH]c(C(C)(Cl)Cl)nc12. The molecule has 0 saturated heterocycles. The third kappa shape index (κ3) is 2.10. The topological polar surface area (TPSA) is 45.8 Å². The van der Waals surface area contributed by atoms with E-state index < -0.39 is 15.1 Å². The Balaban J connectivity index is 2.71. The van der Waals surface area contributed by atoms with E-state index in [0.29, 0.717) is 16.2 Å². The van der Waals surface area contributed by atoms with Gasteiger partial charge in [-0.1, -0.05) is 29.3 Å². The molecule has 1 aromatic carbocycles. The highest BCUT2D eigenvalue weighted by atomic mass is 35.5. The lowest BCUT2D eigenvalue weighted by atomic mass is 10.3. The maximum atomic E-state index is 11.5. The van der Waals surface area contributed by atoms with E-state index in [2.05, 4.69) is 9.97 Å². The number of nitrogens with one attached hydrogen (secondary N) is 1. The van der Waals surface area contributed by atoms with Crippen molar-refractivity contribution in [3.8, 4) is 0 Å². The van der Waals surface area contributed by atoms with Gasteiger partial charge >= 0.3 is 0 Å². The summed E-state index contributed by atoms with van der Waals surface area (Å²) in [6.07, 6.45) is 1.61. The van der Waals surface area contributed by atoms with Crippen LogP contribution in [0.2, 0.25) is 0 Å². The third-order valence-electron chi connectivity index (χ3n) is 2.20. The Kier molecular flexibility index (Phi) is 2.99. The second-order valence-electron chi connectivity index (χ2n) is 3.58. The first-order valence-corrected chi connectivity index (χ1v) is 6.91. The van der Waals surface area contributed by atoms with E-state index >= 15 is 0 Å². The monoisotopic (exact) mass is 276 g/mol. The van der Waals surface area contributed by atoms with Gasteiger partial charge in [0.1, 0.15) is 11.3 Å². The minimum Gasteiger partial charge on any atom is -0.339 e. The average Bonchev–Trinajstić information content (AvgIpc) is 2.59. The van der Waals surface area contributed by atoms with E-state index in [-0.39, 0.29) is 0 Å². The highest BCUT2D eigenvalue weighted by Gasteiger charge is 2.24. The van der Waals surface area contributed by atoms with E-state index in [1.165, 1.54) is 0 Å². The molecule has 0 aliphatic carbocycles. The van der Waals surface area contributed by atoms with E-state index in [1.54, 1.807) is 19.2 Å². The number of benzene rings is 1. The molecule has 0 bridgehead atoms. The van der Waals surface area contributed by atoms with Crippen molar-refractivity contribution in [2.75, 3.05) is 6.26 Å². The Labute approximate surface area is 106 Å². The number of imidazole rings is 1. The number of aromatic nitrogens is 2. The van der Waals surface area contributed by atoms with Crippen molar-refractivity contribution in [2.45, 2.75) is 16.2 Å². The third-order valence-corrected chi connectivity index (χ3v) is 3.51. The Morgan fingerprint density at radius 2 is 2.12 bits per heavy atom. The summed E-state index contributed by atoms with van der Waals surface area (Å²) in [7, 11) is -1.09. The zero-order valence-corrected chi connectivity index (χ0v) is 11.1. The second-order valence-corrected chi connectivity index (χ2v) is 6.63. The molecule has 3 nitrogen and oxygen atoms in total. The molecule has 0 radical (unpaired) electrons. The van der Waals surface area contributed by atoms with Crippen LogP contribution in [0.1, 0.15) is 12.7 Å². The highest BCUT2D eigenvalue weighted by Crippen LogP contribution is 2.32. The number of hydrogen-bond acceptors (Lipinski definition) is 2. The second kappa shape index (κ2) is 4.02. The molecule has 0 fully saturated rings. The van der Waals surface area contributed by atoms with Gasteiger partial charge in [0.25, 0.3) is 0 Å². The molecular formula is C10H10Cl2N2OS. The van der Waals surface area contributed by atoms with Crippen molar-refractivity contribution in [1.82, 2.24) is 9.97 Å². The Morgan fingerprint density at radius 1 is 1.44 bits per heavy atom.